The van der Waals surface area contributed by atoms with Gasteiger partial charge in [-0.1, -0.05) is 182 Å². The van der Waals surface area contributed by atoms with Crippen molar-refractivity contribution in [1.29, 1.82) is 0 Å². The minimum Gasteiger partial charge on any atom is -0.365 e. The molecule has 0 saturated carbocycles. The Kier molecular flexibility index (Phi) is 11.4. The largest absolute Gasteiger partial charge is 0.365 e. The van der Waals surface area contributed by atoms with Crippen LogP contribution in [0.5, 0.6) is 0 Å². The molecule has 5 nitrogen and oxygen atoms in total. The Labute approximate surface area is 291 Å². The Morgan fingerprint density at radius 2 is 0.571 bits per heavy atom. The summed E-state index contributed by atoms with van der Waals surface area (Å²) in [6.45, 7) is 1.06. The lowest BCUT2D eigenvalue weighted by Crippen LogP contribution is -2.56. The van der Waals surface area contributed by atoms with E-state index in [4.69, 9.17) is 9.47 Å². The molecule has 0 spiro atoms. The number of nitrogens with one attached hydrogen (secondary N) is 3. The van der Waals surface area contributed by atoms with Crippen LogP contribution in [0.2, 0.25) is 0 Å². The highest BCUT2D eigenvalue weighted by Gasteiger charge is 2.40. The molecule has 0 aliphatic rings. The SMILES string of the molecule is COC(CNCC(NC(c1ccccc1)(c1ccccc1)c1ccccc1)OC)NC(c1ccccc1)(c1ccccc1)c1ccccc1. The Hall–Kier alpha value is -4.88. The molecule has 0 aliphatic heterocycles. The fourth-order valence-corrected chi connectivity index (χ4v) is 6.84. The summed E-state index contributed by atoms with van der Waals surface area (Å²) in [4.78, 5) is 0. The summed E-state index contributed by atoms with van der Waals surface area (Å²) in [5.41, 5.74) is 5.46. The average molecular weight is 648 g/mol. The van der Waals surface area contributed by atoms with Gasteiger partial charge in [0.05, 0.1) is 11.1 Å². The van der Waals surface area contributed by atoms with Gasteiger partial charge in [-0.05, 0) is 33.4 Å². The summed E-state index contributed by atoms with van der Waals surface area (Å²) >= 11 is 0. The molecule has 0 heterocycles. The van der Waals surface area contributed by atoms with E-state index >= 15 is 0 Å². The van der Waals surface area contributed by atoms with E-state index in [0.717, 1.165) is 33.4 Å². The van der Waals surface area contributed by atoms with Crippen molar-refractivity contribution >= 4 is 0 Å². The van der Waals surface area contributed by atoms with E-state index in [-0.39, 0.29) is 12.5 Å². The Morgan fingerprint density at radius 3 is 0.755 bits per heavy atom. The maximum Gasteiger partial charge on any atom is 0.121 e. The van der Waals surface area contributed by atoms with E-state index in [2.05, 4.69) is 198 Å². The summed E-state index contributed by atoms with van der Waals surface area (Å²) in [6.07, 6.45) is -0.694. The van der Waals surface area contributed by atoms with E-state index < -0.39 is 11.1 Å². The molecule has 0 bridgehead atoms. The van der Waals surface area contributed by atoms with Crippen LogP contribution in [0, 0.1) is 0 Å². The Bertz CT molecular complexity index is 1480. The Morgan fingerprint density at radius 1 is 0.367 bits per heavy atom. The van der Waals surface area contributed by atoms with Gasteiger partial charge in [0.2, 0.25) is 0 Å². The summed E-state index contributed by atoms with van der Waals surface area (Å²) in [5.74, 6) is 0. The van der Waals surface area contributed by atoms with Crippen LogP contribution in [0.4, 0.5) is 0 Å². The lowest BCUT2D eigenvalue weighted by atomic mass is 9.77. The van der Waals surface area contributed by atoms with Crippen molar-refractivity contribution in [1.82, 2.24) is 16.0 Å². The zero-order valence-corrected chi connectivity index (χ0v) is 28.2. The van der Waals surface area contributed by atoms with Crippen molar-refractivity contribution < 1.29 is 9.47 Å². The van der Waals surface area contributed by atoms with Gasteiger partial charge < -0.3 is 14.8 Å². The molecule has 0 aliphatic carbocycles. The van der Waals surface area contributed by atoms with Crippen molar-refractivity contribution in [3.63, 3.8) is 0 Å². The normalized spacial score (nSPS) is 13.1. The van der Waals surface area contributed by atoms with Gasteiger partial charge in [0.1, 0.15) is 12.5 Å². The minimum absolute atomic E-state index is 0.347. The van der Waals surface area contributed by atoms with E-state index in [0.29, 0.717) is 13.1 Å². The third-order valence-electron chi connectivity index (χ3n) is 9.22. The number of benzene rings is 6. The van der Waals surface area contributed by atoms with Crippen molar-refractivity contribution in [2.75, 3.05) is 27.3 Å². The van der Waals surface area contributed by atoms with E-state index in [9.17, 15) is 0 Å². The number of rotatable bonds is 16. The summed E-state index contributed by atoms with van der Waals surface area (Å²) in [6, 6.07) is 63.5. The molecule has 0 saturated heterocycles. The summed E-state index contributed by atoms with van der Waals surface area (Å²) < 4.78 is 12.3. The third kappa shape index (κ3) is 7.42. The summed E-state index contributed by atoms with van der Waals surface area (Å²) in [5, 5.41) is 11.5. The Balaban J connectivity index is 1.29. The van der Waals surface area contributed by atoms with Gasteiger partial charge >= 0.3 is 0 Å². The zero-order valence-electron chi connectivity index (χ0n) is 28.2. The first-order valence-electron chi connectivity index (χ1n) is 16.9. The van der Waals surface area contributed by atoms with Gasteiger partial charge in [0.15, 0.2) is 0 Å². The number of hydrogen-bond donors (Lipinski definition) is 3. The van der Waals surface area contributed by atoms with Crippen LogP contribution in [-0.2, 0) is 20.6 Å². The van der Waals surface area contributed by atoms with Crippen molar-refractivity contribution in [3.05, 3.63) is 215 Å². The molecular formula is C44H45N3O2. The maximum absolute atomic E-state index is 6.16. The molecule has 2 unspecified atom stereocenters. The van der Waals surface area contributed by atoms with Crippen LogP contribution in [0.25, 0.3) is 0 Å². The highest BCUT2D eigenvalue weighted by Crippen LogP contribution is 2.38. The topological polar surface area (TPSA) is 54.5 Å². The van der Waals surface area contributed by atoms with Gasteiger partial charge in [-0.15, -0.1) is 0 Å². The highest BCUT2D eigenvalue weighted by atomic mass is 16.5. The molecule has 6 aromatic rings. The molecule has 248 valence electrons. The molecular weight excluding hydrogens is 603 g/mol. The van der Waals surface area contributed by atoms with Crippen LogP contribution >= 0.6 is 0 Å². The number of methoxy groups -OCH3 is 2. The second-order valence-corrected chi connectivity index (χ2v) is 12.1. The number of hydrogen-bond acceptors (Lipinski definition) is 5. The molecule has 0 fully saturated rings. The van der Waals surface area contributed by atoms with Gasteiger partial charge in [-0.2, -0.15) is 0 Å². The van der Waals surface area contributed by atoms with Crippen LogP contribution in [-0.4, -0.2) is 39.8 Å². The first-order valence-corrected chi connectivity index (χ1v) is 16.9. The average Bonchev–Trinajstić information content (AvgIpc) is 3.19. The van der Waals surface area contributed by atoms with Crippen LogP contribution in [0.1, 0.15) is 33.4 Å². The maximum atomic E-state index is 6.16. The van der Waals surface area contributed by atoms with Crippen LogP contribution in [0.3, 0.4) is 0 Å². The molecule has 0 radical (unpaired) electrons. The fraction of sp³-hybridized carbons (Fsp3) is 0.182. The van der Waals surface area contributed by atoms with Crippen LogP contribution < -0.4 is 16.0 Å². The molecule has 5 heteroatoms. The van der Waals surface area contributed by atoms with Gasteiger partial charge in [0.25, 0.3) is 0 Å². The van der Waals surface area contributed by atoms with Gasteiger partial charge in [-0.25, -0.2) is 0 Å². The van der Waals surface area contributed by atoms with Crippen LogP contribution in [0.15, 0.2) is 182 Å². The number of ether oxygens (including phenoxy) is 2. The third-order valence-corrected chi connectivity index (χ3v) is 9.22. The standard InChI is InChI=1S/C44H45N3O2/c1-48-41(46-43(35-21-9-3-10-22-35,36-23-11-4-12-24-36)37-25-13-5-14-26-37)33-45-34-42(49-2)47-44(38-27-15-6-16-28-38,39-29-17-7-18-30-39)40-31-19-8-20-32-40/h3-32,41-42,45-47H,33-34H2,1-2H3. The predicted molar refractivity (Wildman–Crippen MR) is 199 cm³/mol. The fourth-order valence-electron chi connectivity index (χ4n) is 6.84. The second kappa shape index (κ2) is 16.5. The van der Waals surface area contributed by atoms with Crippen molar-refractivity contribution in [2.45, 2.75) is 23.5 Å². The second-order valence-electron chi connectivity index (χ2n) is 12.1. The van der Waals surface area contributed by atoms with E-state index in [1.54, 1.807) is 14.2 Å². The van der Waals surface area contributed by atoms with E-state index in [1.807, 2.05) is 0 Å². The zero-order chi connectivity index (χ0) is 33.8. The molecule has 2 atom stereocenters. The summed E-state index contributed by atoms with van der Waals surface area (Å²) in [7, 11) is 3.50. The molecule has 0 aromatic heterocycles. The van der Waals surface area contributed by atoms with Crippen molar-refractivity contribution in [2.24, 2.45) is 0 Å². The molecule has 0 amide bonds. The first-order chi connectivity index (χ1) is 24.2. The monoisotopic (exact) mass is 647 g/mol. The van der Waals surface area contributed by atoms with E-state index in [1.165, 1.54) is 0 Å². The highest BCUT2D eigenvalue weighted by molar-refractivity contribution is 5.51. The predicted octanol–water partition coefficient (Wildman–Crippen LogP) is 7.68. The first kappa shape index (κ1) is 34.0. The van der Waals surface area contributed by atoms with Gasteiger partial charge in [-0.3, -0.25) is 10.6 Å². The lowest BCUT2D eigenvalue weighted by Gasteiger charge is -2.41. The molecule has 6 aromatic carbocycles. The smallest absolute Gasteiger partial charge is 0.121 e. The van der Waals surface area contributed by atoms with Crippen molar-refractivity contribution in [3.8, 4) is 0 Å². The minimum atomic E-state index is -0.659. The van der Waals surface area contributed by atoms with Gasteiger partial charge in [0, 0.05) is 27.3 Å². The molecule has 49 heavy (non-hydrogen) atoms. The quantitative estimate of drug-likeness (QED) is 0.0743. The molecule has 3 N–H and O–H groups in total. The molecule has 6 rings (SSSR count). The lowest BCUT2D eigenvalue weighted by molar-refractivity contribution is 0.0361.